The Labute approximate surface area is 153 Å². The second-order valence-corrected chi connectivity index (χ2v) is 7.24. The number of aliphatic hydroxyl groups is 1. The molecule has 3 N–H and O–H groups in total. The van der Waals surface area contributed by atoms with Gasteiger partial charge < -0.3 is 10.4 Å². The molecule has 11 heteroatoms. The Kier molecular flexibility index (Phi) is 6.73. The van der Waals surface area contributed by atoms with Gasteiger partial charge in [0.2, 0.25) is 0 Å². The van der Waals surface area contributed by atoms with Gasteiger partial charge in [0.25, 0.3) is 0 Å². The summed E-state index contributed by atoms with van der Waals surface area (Å²) in [5.41, 5.74) is -5.14. The number of hydrogen-bond donors (Lipinski definition) is 3. The van der Waals surface area contributed by atoms with Crippen LogP contribution in [0.4, 0.5) is 23.4 Å². The minimum absolute atomic E-state index is 0.00641. The Hall–Kier alpha value is -2.24. The molecule has 1 unspecified atom stereocenters. The number of benzene rings is 1. The highest BCUT2D eigenvalue weighted by molar-refractivity contribution is 7.93. The maximum atomic E-state index is 13.6. The molecule has 0 bridgehead atoms. The second-order valence-electron chi connectivity index (χ2n) is 5.57. The van der Waals surface area contributed by atoms with Crippen molar-refractivity contribution in [1.82, 2.24) is 10.3 Å². The summed E-state index contributed by atoms with van der Waals surface area (Å²) in [7, 11) is -5.58. The molecular weight excluding hydrogens is 390 g/mol. The van der Waals surface area contributed by atoms with Gasteiger partial charge in [-0.25, -0.2) is 9.37 Å². The molecule has 148 valence electrons. The van der Waals surface area contributed by atoms with E-state index in [1.807, 2.05) is 0 Å². The summed E-state index contributed by atoms with van der Waals surface area (Å²) in [5.74, 6) is -0.988. The van der Waals surface area contributed by atoms with E-state index in [4.69, 9.17) is 0 Å². The van der Waals surface area contributed by atoms with Gasteiger partial charge in [0.15, 0.2) is 0 Å². The number of anilines is 1. The van der Waals surface area contributed by atoms with Gasteiger partial charge in [-0.2, -0.15) is 21.6 Å². The van der Waals surface area contributed by atoms with E-state index in [-0.39, 0.29) is 30.6 Å². The molecule has 1 heterocycles. The predicted octanol–water partition coefficient (Wildman–Crippen LogP) is 2.70. The van der Waals surface area contributed by atoms with Crippen molar-refractivity contribution in [3.05, 3.63) is 59.5 Å². The zero-order valence-corrected chi connectivity index (χ0v) is 14.7. The first-order valence-electron chi connectivity index (χ1n) is 7.78. The zero-order valence-electron chi connectivity index (χ0n) is 13.9. The van der Waals surface area contributed by atoms with Gasteiger partial charge in [0, 0.05) is 23.9 Å². The monoisotopic (exact) mass is 407 g/mol. The molecule has 2 rings (SSSR count). The third-order valence-electron chi connectivity index (χ3n) is 3.60. The van der Waals surface area contributed by atoms with Crippen molar-refractivity contribution < 1.29 is 31.1 Å². The lowest BCUT2D eigenvalue weighted by Crippen LogP contribution is -2.31. The van der Waals surface area contributed by atoms with Crippen molar-refractivity contribution in [2.45, 2.75) is 24.6 Å². The van der Waals surface area contributed by atoms with Crippen LogP contribution >= 0.6 is 0 Å². The van der Waals surface area contributed by atoms with Crippen LogP contribution in [0.5, 0.6) is 0 Å². The number of halogens is 4. The molecular formula is C16H17F4N3O3S. The predicted molar refractivity (Wildman–Crippen MR) is 90.5 cm³/mol. The van der Waals surface area contributed by atoms with Crippen LogP contribution in [-0.2, 0) is 16.6 Å². The van der Waals surface area contributed by atoms with Crippen LogP contribution in [0.25, 0.3) is 0 Å². The SMILES string of the molecule is O=S(=O)(Nc1ncccc1CNCCC(O)c1ccccc1F)C(F)(F)F. The normalized spacial score (nSPS) is 13.4. The van der Waals surface area contributed by atoms with Crippen molar-refractivity contribution in [3.63, 3.8) is 0 Å². The first kappa shape index (κ1) is 21.1. The molecule has 0 aliphatic carbocycles. The van der Waals surface area contributed by atoms with E-state index in [1.165, 1.54) is 35.1 Å². The van der Waals surface area contributed by atoms with Gasteiger partial charge in [-0.1, -0.05) is 24.3 Å². The van der Waals surface area contributed by atoms with E-state index >= 15 is 0 Å². The Bertz CT molecular complexity index is 875. The lowest BCUT2D eigenvalue weighted by Gasteiger charge is -2.15. The smallest absolute Gasteiger partial charge is 0.388 e. The fraction of sp³-hybridized carbons (Fsp3) is 0.312. The van der Waals surface area contributed by atoms with Crippen molar-refractivity contribution in [2.24, 2.45) is 0 Å². The van der Waals surface area contributed by atoms with Crippen LogP contribution in [0.1, 0.15) is 23.7 Å². The van der Waals surface area contributed by atoms with Gasteiger partial charge in [-0.15, -0.1) is 0 Å². The summed E-state index contributed by atoms with van der Waals surface area (Å²) < 4.78 is 74.9. The molecule has 1 atom stereocenters. The number of sulfonamides is 1. The summed E-state index contributed by atoms with van der Waals surface area (Å²) >= 11 is 0. The van der Waals surface area contributed by atoms with Gasteiger partial charge >= 0.3 is 15.5 Å². The van der Waals surface area contributed by atoms with Crippen LogP contribution in [0.15, 0.2) is 42.6 Å². The average Bonchev–Trinajstić information content (AvgIpc) is 2.59. The van der Waals surface area contributed by atoms with E-state index in [2.05, 4.69) is 10.3 Å². The number of alkyl halides is 3. The highest BCUT2D eigenvalue weighted by Gasteiger charge is 2.46. The molecule has 6 nitrogen and oxygen atoms in total. The van der Waals surface area contributed by atoms with Crippen LogP contribution in [-0.4, -0.2) is 30.6 Å². The summed E-state index contributed by atoms with van der Waals surface area (Å²) in [4.78, 5) is 3.62. The van der Waals surface area contributed by atoms with Crippen LogP contribution in [0, 0.1) is 5.82 Å². The molecule has 0 fully saturated rings. The molecule has 0 amide bonds. The van der Waals surface area contributed by atoms with Crippen LogP contribution in [0.2, 0.25) is 0 Å². The molecule has 1 aromatic heterocycles. The third-order valence-corrected chi connectivity index (χ3v) is 4.67. The van der Waals surface area contributed by atoms with E-state index in [0.717, 1.165) is 6.20 Å². The number of pyridine rings is 1. The number of rotatable bonds is 8. The summed E-state index contributed by atoms with van der Waals surface area (Å²) in [6, 6.07) is 8.60. The fourth-order valence-electron chi connectivity index (χ4n) is 2.22. The largest absolute Gasteiger partial charge is 0.516 e. The van der Waals surface area contributed by atoms with Gasteiger partial charge in [-0.3, -0.25) is 4.72 Å². The standard InChI is InChI=1S/C16H17F4N3O3S/c17-13-6-2-1-5-12(13)14(24)7-9-21-10-11-4-3-8-22-15(11)23-27(25,26)16(18,19)20/h1-6,8,14,21,24H,7,9-10H2,(H,22,23). The number of aromatic nitrogens is 1. The maximum Gasteiger partial charge on any atom is 0.516 e. The first-order chi connectivity index (χ1) is 12.6. The minimum Gasteiger partial charge on any atom is -0.388 e. The number of nitrogens with zero attached hydrogens (tertiary/aromatic N) is 1. The van der Waals surface area contributed by atoms with Crippen molar-refractivity contribution in [3.8, 4) is 0 Å². The lowest BCUT2D eigenvalue weighted by atomic mass is 10.1. The Morgan fingerprint density at radius 1 is 1.15 bits per heavy atom. The van der Waals surface area contributed by atoms with E-state index in [1.54, 1.807) is 6.07 Å². The van der Waals surface area contributed by atoms with Gasteiger partial charge in [0.1, 0.15) is 11.6 Å². The van der Waals surface area contributed by atoms with Crippen molar-refractivity contribution in [2.75, 3.05) is 11.3 Å². The van der Waals surface area contributed by atoms with Gasteiger partial charge in [0.05, 0.1) is 6.10 Å². The van der Waals surface area contributed by atoms with E-state index in [0.29, 0.717) is 0 Å². The molecule has 27 heavy (non-hydrogen) atoms. The molecule has 1 aromatic carbocycles. The molecule has 0 saturated carbocycles. The Morgan fingerprint density at radius 3 is 2.52 bits per heavy atom. The first-order valence-corrected chi connectivity index (χ1v) is 9.26. The van der Waals surface area contributed by atoms with Crippen LogP contribution in [0.3, 0.4) is 0 Å². The summed E-state index contributed by atoms with van der Waals surface area (Å²) in [5, 5.41) is 12.8. The Morgan fingerprint density at radius 2 is 1.85 bits per heavy atom. The Balaban J connectivity index is 1.94. The molecule has 0 spiro atoms. The molecule has 0 aliphatic rings. The number of nitrogens with one attached hydrogen (secondary N) is 2. The fourth-order valence-corrected chi connectivity index (χ4v) is 2.78. The van der Waals surface area contributed by atoms with Crippen molar-refractivity contribution in [1.29, 1.82) is 0 Å². The van der Waals surface area contributed by atoms with E-state index in [9.17, 15) is 31.1 Å². The zero-order chi connectivity index (χ0) is 20.1. The molecule has 0 radical (unpaired) electrons. The highest BCUT2D eigenvalue weighted by atomic mass is 32.2. The van der Waals surface area contributed by atoms with E-state index < -0.39 is 33.3 Å². The topological polar surface area (TPSA) is 91.3 Å². The highest BCUT2D eigenvalue weighted by Crippen LogP contribution is 2.26. The summed E-state index contributed by atoms with van der Waals surface area (Å²) in [6.45, 7) is 0.198. The lowest BCUT2D eigenvalue weighted by molar-refractivity contribution is -0.0429. The molecule has 0 saturated heterocycles. The van der Waals surface area contributed by atoms with Gasteiger partial charge in [-0.05, 0) is 25.1 Å². The maximum absolute atomic E-state index is 13.6. The quantitative estimate of drug-likeness (QED) is 0.462. The second kappa shape index (κ2) is 8.63. The van der Waals surface area contributed by atoms with Crippen molar-refractivity contribution >= 4 is 15.8 Å². The number of hydrogen-bond acceptors (Lipinski definition) is 5. The van der Waals surface area contributed by atoms with Crippen LogP contribution < -0.4 is 10.0 Å². The third kappa shape index (κ3) is 5.62. The summed E-state index contributed by atoms with van der Waals surface area (Å²) in [6.07, 6.45) is 0.237. The number of aliphatic hydroxyl groups excluding tert-OH is 1. The minimum atomic E-state index is -5.58. The molecule has 0 aliphatic heterocycles. The molecule has 2 aromatic rings. The average molecular weight is 407 g/mol.